The fourth-order valence-electron chi connectivity index (χ4n) is 2.45. The smallest absolute Gasteiger partial charge is 0.304 e. The molecule has 1 aliphatic heterocycles. The molecule has 6 heteroatoms. The molecular weight excluding hydrogens is 294 g/mol. The van der Waals surface area contributed by atoms with Crippen molar-refractivity contribution in [3.8, 4) is 11.5 Å². The van der Waals surface area contributed by atoms with Gasteiger partial charge in [0.2, 0.25) is 0 Å². The third kappa shape index (κ3) is 4.02. The summed E-state index contributed by atoms with van der Waals surface area (Å²) in [5.41, 5.74) is 0.989. The minimum atomic E-state index is -0.791. The molecule has 2 rings (SSSR count). The Bertz CT molecular complexity index is 521. The molecule has 1 aromatic carbocycles. The molecule has 1 aromatic rings. The fourth-order valence-corrected chi connectivity index (χ4v) is 2.74. The van der Waals surface area contributed by atoms with E-state index in [0.29, 0.717) is 36.3 Å². The Morgan fingerprint density at radius 1 is 1.43 bits per heavy atom. The number of aliphatic carboxylic acids is 1. The maximum atomic E-state index is 10.8. The molecule has 1 N–H and O–H groups in total. The second-order valence-electron chi connectivity index (χ2n) is 5.11. The van der Waals surface area contributed by atoms with Crippen molar-refractivity contribution in [2.75, 3.05) is 19.8 Å². The number of nitrogens with zero attached hydrogens (tertiary/aromatic N) is 1. The fraction of sp³-hybridized carbons (Fsp3) is 0.533. The average Bonchev–Trinajstić information content (AvgIpc) is 2.44. The summed E-state index contributed by atoms with van der Waals surface area (Å²) in [5, 5.41) is 9.44. The predicted octanol–water partition coefficient (Wildman–Crippen LogP) is 2.80. The lowest BCUT2D eigenvalue weighted by Crippen LogP contribution is -2.34. The van der Waals surface area contributed by atoms with E-state index < -0.39 is 5.97 Å². The molecule has 0 bridgehead atoms. The Balaban J connectivity index is 2.14. The van der Waals surface area contributed by atoms with Crippen molar-refractivity contribution in [1.29, 1.82) is 0 Å². The van der Waals surface area contributed by atoms with E-state index in [1.165, 1.54) is 0 Å². The summed E-state index contributed by atoms with van der Waals surface area (Å²) < 4.78 is 11.1. The Labute approximate surface area is 129 Å². The highest BCUT2D eigenvalue weighted by molar-refractivity contribution is 6.32. The van der Waals surface area contributed by atoms with Gasteiger partial charge in [-0.25, -0.2) is 0 Å². The number of carboxylic acids is 1. The maximum Gasteiger partial charge on any atom is 0.304 e. The van der Waals surface area contributed by atoms with E-state index in [2.05, 4.69) is 4.90 Å². The third-order valence-corrected chi connectivity index (χ3v) is 3.82. The molecule has 1 atom stereocenters. The first kappa shape index (κ1) is 15.9. The van der Waals surface area contributed by atoms with Gasteiger partial charge in [-0.15, -0.1) is 0 Å². The lowest BCUT2D eigenvalue weighted by Gasteiger charge is -2.27. The average molecular weight is 314 g/mol. The monoisotopic (exact) mass is 313 g/mol. The van der Waals surface area contributed by atoms with E-state index in [1.54, 1.807) is 0 Å². The van der Waals surface area contributed by atoms with Crippen LogP contribution in [0.5, 0.6) is 11.5 Å². The van der Waals surface area contributed by atoms with Gasteiger partial charge in [-0.1, -0.05) is 18.5 Å². The summed E-state index contributed by atoms with van der Waals surface area (Å²) in [6, 6.07) is 3.72. The van der Waals surface area contributed by atoms with Gasteiger partial charge < -0.3 is 14.6 Å². The zero-order valence-electron chi connectivity index (χ0n) is 12.3. The molecule has 5 nitrogen and oxygen atoms in total. The molecule has 21 heavy (non-hydrogen) atoms. The zero-order chi connectivity index (χ0) is 15.4. The summed E-state index contributed by atoms with van der Waals surface area (Å²) >= 11 is 6.22. The Morgan fingerprint density at radius 3 is 2.81 bits per heavy atom. The lowest BCUT2D eigenvalue weighted by atomic mass is 10.1. The molecule has 0 fully saturated rings. The number of hydrogen-bond acceptors (Lipinski definition) is 4. The summed E-state index contributed by atoms with van der Waals surface area (Å²) in [6.45, 7) is 6.33. The predicted molar refractivity (Wildman–Crippen MR) is 80.2 cm³/mol. The normalized spacial score (nSPS) is 15.0. The van der Waals surface area contributed by atoms with E-state index in [1.807, 2.05) is 26.0 Å². The van der Waals surface area contributed by atoms with Gasteiger partial charge in [0.25, 0.3) is 0 Å². The largest absolute Gasteiger partial charge is 0.486 e. The van der Waals surface area contributed by atoms with Gasteiger partial charge in [0, 0.05) is 12.6 Å². The highest BCUT2D eigenvalue weighted by Gasteiger charge is 2.20. The van der Waals surface area contributed by atoms with Gasteiger partial charge in [0.1, 0.15) is 13.2 Å². The van der Waals surface area contributed by atoms with Crippen LogP contribution in [0.3, 0.4) is 0 Å². The zero-order valence-corrected chi connectivity index (χ0v) is 13.0. The standard InChI is InChI=1S/C15H20ClNO4/c1-3-17(10(2)6-14(18)19)9-11-7-12(16)15-13(8-11)20-4-5-21-15/h7-8,10H,3-6,9H2,1-2H3,(H,18,19). The molecule has 0 aliphatic carbocycles. The van der Waals surface area contributed by atoms with E-state index in [0.717, 1.165) is 12.1 Å². The molecule has 116 valence electrons. The van der Waals surface area contributed by atoms with Crippen molar-refractivity contribution >= 4 is 17.6 Å². The van der Waals surface area contributed by atoms with E-state index in [-0.39, 0.29) is 12.5 Å². The van der Waals surface area contributed by atoms with Crippen LogP contribution in [0.4, 0.5) is 0 Å². The van der Waals surface area contributed by atoms with Gasteiger partial charge in [-0.2, -0.15) is 0 Å². The molecule has 1 unspecified atom stereocenters. The van der Waals surface area contributed by atoms with Crippen LogP contribution < -0.4 is 9.47 Å². The summed E-state index contributed by atoms with van der Waals surface area (Å²) in [4.78, 5) is 12.9. The van der Waals surface area contributed by atoms with Crippen LogP contribution in [0.2, 0.25) is 5.02 Å². The number of hydrogen-bond donors (Lipinski definition) is 1. The molecule has 0 radical (unpaired) electrons. The topological polar surface area (TPSA) is 59.0 Å². The summed E-state index contributed by atoms with van der Waals surface area (Å²) in [6.07, 6.45) is 0.117. The SMILES string of the molecule is CCN(Cc1cc(Cl)c2c(c1)OCCO2)C(C)CC(=O)O. The first-order chi connectivity index (χ1) is 10.0. The number of carbonyl (C=O) groups is 1. The van der Waals surface area contributed by atoms with Crippen LogP contribution in [-0.2, 0) is 11.3 Å². The molecule has 0 amide bonds. The quantitative estimate of drug-likeness (QED) is 0.875. The van der Waals surface area contributed by atoms with Crippen LogP contribution in [0, 0.1) is 0 Å². The molecule has 0 saturated heterocycles. The molecule has 0 saturated carbocycles. The minimum Gasteiger partial charge on any atom is -0.486 e. The van der Waals surface area contributed by atoms with Crippen LogP contribution in [0.25, 0.3) is 0 Å². The highest BCUT2D eigenvalue weighted by atomic mass is 35.5. The number of halogens is 1. The van der Waals surface area contributed by atoms with Crippen molar-refractivity contribution in [3.63, 3.8) is 0 Å². The van der Waals surface area contributed by atoms with Crippen molar-refractivity contribution in [3.05, 3.63) is 22.7 Å². The summed E-state index contributed by atoms with van der Waals surface area (Å²) in [7, 11) is 0. The Kier molecular flexibility index (Phi) is 5.31. The molecular formula is C15H20ClNO4. The van der Waals surface area contributed by atoms with Crippen molar-refractivity contribution < 1.29 is 19.4 Å². The number of rotatable bonds is 6. The first-order valence-corrected chi connectivity index (χ1v) is 7.43. The van der Waals surface area contributed by atoms with Crippen LogP contribution in [-0.4, -0.2) is 41.8 Å². The second kappa shape index (κ2) is 7.00. The molecule has 1 heterocycles. The number of benzene rings is 1. The second-order valence-corrected chi connectivity index (χ2v) is 5.52. The molecule has 1 aliphatic rings. The van der Waals surface area contributed by atoms with Gasteiger partial charge in [-0.3, -0.25) is 9.69 Å². The van der Waals surface area contributed by atoms with Gasteiger partial charge >= 0.3 is 5.97 Å². The lowest BCUT2D eigenvalue weighted by molar-refractivity contribution is -0.138. The molecule has 0 aromatic heterocycles. The number of carboxylic acid groups (broad SMARTS) is 1. The van der Waals surface area contributed by atoms with E-state index in [4.69, 9.17) is 26.2 Å². The van der Waals surface area contributed by atoms with Crippen LogP contribution in [0.15, 0.2) is 12.1 Å². The van der Waals surface area contributed by atoms with Crippen molar-refractivity contribution in [1.82, 2.24) is 4.90 Å². The highest BCUT2D eigenvalue weighted by Crippen LogP contribution is 2.38. The van der Waals surface area contributed by atoms with Crippen LogP contribution >= 0.6 is 11.6 Å². The van der Waals surface area contributed by atoms with E-state index >= 15 is 0 Å². The van der Waals surface area contributed by atoms with Crippen molar-refractivity contribution in [2.24, 2.45) is 0 Å². The first-order valence-electron chi connectivity index (χ1n) is 7.05. The van der Waals surface area contributed by atoms with Gasteiger partial charge in [0.05, 0.1) is 11.4 Å². The molecule has 0 spiro atoms. The number of fused-ring (bicyclic) bond motifs is 1. The third-order valence-electron chi connectivity index (χ3n) is 3.54. The van der Waals surface area contributed by atoms with Gasteiger partial charge in [-0.05, 0) is 31.2 Å². The Hall–Kier alpha value is -1.46. The van der Waals surface area contributed by atoms with Crippen LogP contribution in [0.1, 0.15) is 25.8 Å². The maximum absolute atomic E-state index is 10.8. The van der Waals surface area contributed by atoms with Gasteiger partial charge in [0.15, 0.2) is 11.5 Å². The summed E-state index contributed by atoms with van der Waals surface area (Å²) in [5.74, 6) is 0.458. The minimum absolute atomic E-state index is 0.0422. The Morgan fingerprint density at radius 2 is 2.14 bits per heavy atom. The number of ether oxygens (including phenoxy) is 2. The van der Waals surface area contributed by atoms with E-state index in [9.17, 15) is 4.79 Å². The van der Waals surface area contributed by atoms with Crippen molar-refractivity contribution in [2.45, 2.75) is 32.9 Å².